The average molecular weight is 312 g/mol. The van der Waals surface area contributed by atoms with Gasteiger partial charge in [-0.2, -0.15) is 0 Å². The van der Waals surface area contributed by atoms with Crippen LogP contribution >= 0.6 is 11.6 Å². The molecule has 1 fully saturated rings. The van der Waals surface area contributed by atoms with Gasteiger partial charge in [0, 0.05) is 59.4 Å². The number of fused-ring (bicyclic) bond motifs is 2. The first kappa shape index (κ1) is 13.7. The van der Waals surface area contributed by atoms with E-state index in [0.29, 0.717) is 0 Å². The summed E-state index contributed by atoms with van der Waals surface area (Å²) >= 11 is 6.19. The van der Waals surface area contributed by atoms with Gasteiger partial charge in [0.2, 0.25) is 0 Å². The molecule has 4 rings (SSSR count). The highest BCUT2D eigenvalue weighted by Gasteiger charge is 2.20. The van der Waals surface area contributed by atoms with E-state index in [0.717, 1.165) is 48.1 Å². The molecule has 2 aromatic rings. The number of halogens is 1. The Morgan fingerprint density at radius 2 is 1.77 bits per heavy atom. The molecule has 0 aliphatic carbocycles. The third-order valence-corrected chi connectivity index (χ3v) is 4.47. The van der Waals surface area contributed by atoms with Crippen LogP contribution < -0.4 is 10.6 Å². The highest BCUT2D eigenvalue weighted by molar-refractivity contribution is 6.30. The van der Waals surface area contributed by atoms with Gasteiger partial charge in [0.15, 0.2) is 0 Å². The van der Waals surface area contributed by atoms with Gasteiger partial charge in [-0.05, 0) is 30.3 Å². The maximum absolute atomic E-state index is 6.19. The summed E-state index contributed by atoms with van der Waals surface area (Å²) in [5.41, 5.74) is 5.90. The van der Waals surface area contributed by atoms with E-state index in [-0.39, 0.29) is 0 Å². The number of nitrogens with zero attached hydrogens (tertiary/aromatic N) is 1. The first-order chi connectivity index (χ1) is 10.8. The van der Waals surface area contributed by atoms with Crippen LogP contribution in [-0.2, 0) is 0 Å². The van der Waals surface area contributed by atoms with Crippen LogP contribution in [0, 0.1) is 0 Å². The highest BCUT2D eigenvalue weighted by Crippen LogP contribution is 2.37. The summed E-state index contributed by atoms with van der Waals surface area (Å²) in [7, 11) is 0. The van der Waals surface area contributed by atoms with Crippen molar-refractivity contribution in [3.8, 4) is 0 Å². The molecule has 0 aromatic heterocycles. The fourth-order valence-corrected chi connectivity index (χ4v) is 3.30. The van der Waals surface area contributed by atoms with Crippen molar-refractivity contribution < 1.29 is 0 Å². The second kappa shape index (κ2) is 5.67. The maximum atomic E-state index is 6.19. The van der Waals surface area contributed by atoms with Crippen LogP contribution in [-0.4, -0.2) is 31.1 Å². The summed E-state index contributed by atoms with van der Waals surface area (Å²) in [5.74, 6) is 0. The van der Waals surface area contributed by atoms with Gasteiger partial charge in [-0.3, -0.25) is 0 Å². The molecule has 0 amide bonds. The molecule has 22 heavy (non-hydrogen) atoms. The smallest absolute Gasteiger partial charge is 0.0479 e. The van der Waals surface area contributed by atoms with E-state index < -0.39 is 0 Å². The van der Waals surface area contributed by atoms with Crippen LogP contribution in [0.4, 0.5) is 11.4 Å². The topological polar surface area (TPSA) is 27.3 Å². The Morgan fingerprint density at radius 1 is 0.955 bits per heavy atom. The summed E-state index contributed by atoms with van der Waals surface area (Å²) in [6, 6.07) is 14.5. The SMILES string of the molecule is Clc1ccc2c(c1)C=C(N1CCNCC1)c1ccccc1N2. The molecule has 2 heterocycles. The minimum absolute atomic E-state index is 0.766. The predicted molar refractivity (Wildman–Crippen MR) is 93.5 cm³/mol. The van der Waals surface area contributed by atoms with E-state index in [1.165, 1.54) is 11.3 Å². The summed E-state index contributed by atoms with van der Waals surface area (Å²) in [6.07, 6.45) is 2.26. The molecular weight excluding hydrogens is 294 g/mol. The number of benzene rings is 2. The molecule has 112 valence electrons. The maximum Gasteiger partial charge on any atom is 0.0479 e. The zero-order chi connectivity index (χ0) is 14.9. The van der Waals surface area contributed by atoms with E-state index in [9.17, 15) is 0 Å². The molecule has 0 spiro atoms. The van der Waals surface area contributed by atoms with E-state index >= 15 is 0 Å². The Balaban J connectivity index is 1.88. The molecule has 0 saturated carbocycles. The van der Waals surface area contributed by atoms with Crippen molar-refractivity contribution in [1.82, 2.24) is 10.2 Å². The lowest BCUT2D eigenvalue weighted by Gasteiger charge is -2.32. The predicted octanol–water partition coefficient (Wildman–Crippen LogP) is 3.80. The first-order valence-corrected chi connectivity index (χ1v) is 8.02. The van der Waals surface area contributed by atoms with E-state index in [4.69, 9.17) is 11.6 Å². The number of hydrogen-bond acceptors (Lipinski definition) is 3. The van der Waals surface area contributed by atoms with Crippen molar-refractivity contribution in [2.45, 2.75) is 0 Å². The van der Waals surface area contributed by atoms with Gasteiger partial charge in [-0.15, -0.1) is 0 Å². The number of hydrogen-bond donors (Lipinski definition) is 2. The molecule has 2 N–H and O–H groups in total. The number of rotatable bonds is 1. The number of para-hydroxylation sites is 1. The third kappa shape index (κ3) is 2.47. The molecule has 3 nitrogen and oxygen atoms in total. The normalized spacial score (nSPS) is 17.0. The third-order valence-electron chi connectivity index (χ3n) is 4.24. The zero-order valence-electron chi connectivity index (χ0n) is 12.3. The summed E-state index contributed by atoms with van der Waals surface area (Å²) in [4.78, 5) is 2.45. The second-order valence-electron chi connectivity index (χ2n) is 5.67. The largest absolute Gasteiger partial charge is 0.368 e. The number of nitrogens with one attached hydrogen (secondary N) is 2. The minimum Gasteiger partial charge on any atom is -0.368 e. The van der Waals surface area contributed by atoms with Crippen molar-refractivity contribution >= 4 is 34.7 Å². The van der Waals surface area contributed by atoms with Crippen LogP contribution in [0.1, 0.15) is 11.1 Å². The first-order valence-electron chi connectivity index (χ1n) is 7.64. The van der Waals surface area contributed by atoms with Crippen molar-refractivity contribution in [1.29, 1.82) is 0 Å². The minimum atomic E-state index is 0.766. The van der Waals surface area contributed by atoms with Crippen LogP contribution in [0.5, 0.6) is 0 Å². The summed E-state index contributed by atoms with van der Waals surface area (Å²) in [6.45, 7) is 4.09. The molecular formula is C18H18ClN3. The molecule has 2 aliphatic rings. The molecule has 2 aliphatic heterocycles. The Hall–Kier alpha value is -1.97. The van der Waals surface area contributed by atoms with Gasteiger partial charge in [0.1, 0.15) is 0 Å². The summed E-state index contributed by atoms with van der Waals surface area (Å²) in [5, 5.41) is 7.73. The van der Waals surface area contributed by atoms with E-state index in [1.54, 1.807) is 0 Å². The van der Waals surface area contributed by atoms with E-state index in [2.05, 4.69) is 45.9 Å². The molecule has 0 unspecified atom stereocenters. The fourth-order valence-electron chi connectivity index (χ4n) is 3.12. The van der Waals surface area contributed by atoms with Gasteiger partial charge < -0.3 is 15.5 Å². The van der Waals surface area contributed by atoms with Gasteiger partial charge in [0.05, 0.1) is 0 Å². The molecule has 0 radical (unpaired) electrons. The van der Waals surface area contributed by atoms with Gasteiger partial charge >= 0.3 is 0 Å². The van der Waals surface area contributed by atoms with Crippen molar-refractivity contribution in [3.05, 3.63) is 58.6 Å². The average Bonchev–Trinajstić information content (AvgIpc) is 2.72. The highest BCUT2D eigenvalue weighted by atomic mass is 35.5. The quantitative estimate of drug-likeness (QED) is 0.839. The Morgan fingerprint density at radius 3 is 2.64 bits per heavy atom. The zero-order valence-corrected chi connectivity index (χ0v) is 13.0. The van der Waals surface area contributed by atoms with Crippen LogP contribution in [0.25, 0.3) is 11.8 Å². The monoisotopic (exact) mass is 311 g/mol. The van der Waals surface area contributed by atoms with Gasteiger partial charge in [-0.25, -0.2) is 0 Å². The number of piperazine rings is 1. The second-order valence-corrected chi connectivity index (χ2v) is 6.11. The number of anilines is 2. The van der Waals surface area contributed by atoms with Gasteiger partial charge in [-0.1, -0.05) is 29.8 Å². The summed E-state index contributed by atoms with van der Waals surface area (Å²) < 4.78 is 0. The van der Waals surface area contributed by atoms with Crippen LogP contribution in [0.2, 0.25) is 5.02 Å². The van der Waals surface area contributed by atoms with Crippen molar-refractivity contribution in [2.24, 2.45) is 0 Å². The van der Waals surface area contributed by atoms with Crippen LogP contribution in [0.3, 0.4) is 0 Å². The Kier molecular flexibility index (Phi) is 3.53. The fraction of sp³-hybridized carbons (Fsp3) is 0.222. The van der Waals surface area contributed by atoms with Crippen molar-refractivity contribution in [2.75, 3.05) is 31.5 Å². The Bertz CT molecular complexity index is 733. The molecule has 4 heteroatoms. The lowest BCUT2D eigenvalue weighted by Crippen LogP contribution is -2.42. The van der Waals surface area contributed by atoms with E-state index in [1.807, 2.05) is 18.2 Å². The standard InChI is InChI=1S/C18H18ClN3/c19-14-5-6-16-13(11-14)12-18(22-9-7-20-8-10-22)15-3-1-2-4-17(15)21-16/h1-6,11-12,20-21H,7-10H2. The van der Waals surface area contributed by atoms with Crippen molar-refractivity contribution in [3.63, 3.8) is 0 Å². The van der Waals surface area contributed by atoms with Gasteiger partial charge in [0.25, 0.3) is 0 Å². The molecule has 0 bridgehead atoms. The molecule has 2 aromatic carbocycles. The lowest BCUT2D eigenvalue weighted by molar-refractivity contribution is 0.342. The van der Waals surface area contributed by atoms with Crippen LogP contribution in [0.15, 0.2) is 42.5 Å². The lowest BCUT2D eigenvalue weighted by atomic mass is 10.1. The molecule has 1 saturated heterocycles. The Labute approximate surface area is 135 Å². The molecule has 0 atom stereocenters.